The Bertz CT molecular complexity index is 827. The second kappa shape index (κ2) is 7.56. The molecule has 1 atom stereocenters. The highest BCUT2D eigenvalue weighted by Crippen LogP contribution is 2.40. The van der Waals surface area contributed by atoms with Gasteiger partial charge in [0.25, 0.3) is 0 Å². The standard InChI is InChI=1S/C19H18N2O2S2/c22-18(21-10-12-23-13-11-21)17(14-6-2-1-3-7-14)25-19-20-15-8-4-5-9-16(15)24-19/h1-9,17H,10-13H2/t17-/m0/s1. The fourth-order valence-corrected chi connectivity index (χ4v) is 5.18. The number of nitrogens with zero attached hydrogens (tertiary/aromatic N) is 2. The van der Waals surface area contributed by atoms with Crippen LogP contribution in [0.5, 0.6) is 0 Å². The number of hydrogen-bond donors (Lipinski definition) is 0. The molecule has 1 aromatic heterocycles. The molecular formula is C19H18N2O2S2. The van der Waals surface area contributed by atoms with Crippen molar-refractivity contribution >= 4 is 39.2 Å². The van der Waals surface area contributed by atoms with Crippen molar-refractivity contribution in [3.05, 3.63) is 60.2 Å². The molecule has 1 saturated heterocycles. The van der Waals surface area contributed by atoms with Crippen LogP contribution in [0.25, 0.3) is 10.2 Å². The minimum absolute atomic E-state index is 0.138. The SMILES string of the molecule is O=C([C@@H](Sc1nc2ccccc2s1)c1ccccc1)N1CCOCC1. The van der Waals surface area contributed by atoms with Gasteiger partial charge in [-0.3, -0.25) is 4.79 Å². The van der Waals surface area contributed by atoms with Gasteiger partial charge in [0.15, 0.2) is 4.34 Å². The lowest BCUT2D eigenvalue weighted by molar-refractivity contribution is -0.134. The van der Waals surface area contributed by atoms with Gasteiger partial charge in [0.1, 0.15) is 5.25 Å². The number of amides is 1. The van der Waals surface area contributed by atoms with Gasteiger partial charge < -0.3 is 9.64 Å². The maximum atomic E-state index is 13.1. The molecule has 25 heavy (non-hydrogen) atoms. The van der Waals surface area contributed by atoms with Gasteiger partial charge in [-0.15, -0.1) is 11.3 Å². The molecule has 1 amide bonds. The fraction of sp³-hybridized carbons (Fsp3) is 0.263. The molecule has 128 valence electrons. The highest BCUT2D eigenvalue weighted by Gasteiger charge is 2.29. The second-order valence-corrected chi connectivity index (χ2v) is 8.18. The number of fused-ring (bicyclic) bond motifs is 1. The minimum atomic E-state index is -0.278. The summed E-state index contributed by atoms with van der Waals surface area (Å²) in [5, 5.41) is -0.278. The van der Waals surface area contributed by atoms with Crippen LogP contribution in [0, 0.1) is 0 Å². The quantitative estimate of drug-likeness (QED) is 0.651. The molecule has 3 aromatic rings. The lowest BCUT2D eigenvalue weighted by atomic mass is 10.1. The zero-order chi connectivity index (χ0) is 17.1. The maximum absolute atomic E-state index is 13.1. The Balaban J connectivity index is 1.63. The average molecular weight is 370 g/mol. The van der Waals surface area contributed by atoms with Crippen molar-refractivity contribution in [2.24, 2.45) is 0 Å². The molecule has 0 N–H and O–H groups in total. The van der Waals surface area contributed by atoms with Gasteiger partial charge in [0, 0.05) is 13.1 Å². The van der Waals surface area contributed by atoms with E-state index in [9.17, 15) is 4.79 Å². The van der Waals surface area contributed by atoms with Crippen molar-refractivity contribution in [2.75, 3.05) is 26.3 Å². The van der Waals surface area contributed by atoms with Gasteiger partial charge in [-0.05, 0) is 17.7 Å². The number of hydrogen-bond acceptors (Lipinski definition) is 5. The molecule has 1 aliphatic rings. The van der Waals surface area contributed by atoms with Gasteiger partial charge >= 0.3 is 0 Å². The lowest BCUT2D eigenvalue weighted by Gasteiger charge is -2.30. The van der Waals surface area contributed by atoms with Crippen LogP contribution >= 0.6 is 23.1 Å². The summed E-state index contributed by atoms with van der Waals surface area (Å²) >= 11 is 3.19. The molecule has 1 fully saturated rings. The summed E-state index contributed by atoms with van der Waals surface area (Å²) in [4.78, 5) is 19.7. The van der Waals surface area contributed by atoms with E-state index in [1.165, 1.54) is 0 Å². The molecule has 0 spiro atoms. The molecule has 4 rings (SSSR count). The predicted molar refractivity (Wildman–Crippen MR) is 102 cm³/mol. The van der Waals surface area contributed by atoms with E-state index in [4.69, 9.17) is 9.72 Å². The average Bonchev–Trinajstić information content (AvgIpc) is 3.09. The maximum Gasteiger partial charge on any atom is 0.240 e. The highest BCUT2D eigenvalue weighted by molar-refractivity contribution is 8.02. The van der Waals surface area contributed by atoms with E-state index >= 15 is 0 Å². The Morgan fingerprint density at radius 3 is 2.56 bits per heavy atom. The van der Waals surface area contributed by atoms with Crippen LogP contribution in [-0.2, 0) is 9.53 Å². The van der Waals surface area contributed by atoms with Gasteiger partial charge in [-0.25, -0.2) is 4.98 Å². The van der Waals surface area contributed by atoms with E-state index in [1.807, 2.05) is 53.4 Å². The Labute approximate surface area is 154 Å². The van der Waals surface area contributed by atoms with E-state index in [0.29, 0.717) is 26.3 Å². The number of aromatic nitrogens is 1. The van der Waals surface area contributed by atoms with Gasteiger partial charge in [-0.1, -0.05) is 54.2 Å². The van der Waals surface area contributed by atoms with Crippen LogP contribution in [0.3, 0.4) is 0 Å². The number of ether oxygens (including phenoxy) is 1. The molecule has 0 unspecified atom stereocenters. The summed E-state index contributed by atoms with van der Waals surface area (Å²) in [5.74, 6) is 0.138. The first kappa shape index (κ1) is 16.6. The van der Waals surface area contributed by atoms with Crippen LogP contribution in [0.4, 0.5) is 0 Å². The zero-order valence-corrected chi connectivity index (χ0v) is 15.3. The van der Waals surface area contributed by atoms with E-state index in [0.717, 1.165) is 20.1 Å². The molecule has 6 heteroatoms. The van der Waals surface area contributed by atoms with Crippen molar-refractivity contribution in [3.63, 3.8) is 0 Å². The Morgan fingerprint density at radius 2 is 1.80 bits per heavy atom. The monoisotopic (exact) mass is 370 g/mol. The molecule has 0 radical (unpaired) electrons. The van der Waals surface area contributed by atoms with E-state index < -0.39 is 0 Å². The normalized spacial score (nSPS) is 16.1. The van der Waals surface area contributed by atoms with Crippen LogP contribution in [0.15, 0.2) is 58.9 Å². The van der Waals surface area contributed by atoms with Crippen molar-refractivity contribution in [1.82, 2.24) is 9.88 Å². The number of rotatable bonds is 4. The lowest BCUT2D eigenvalue weighted by Crippen LogP contribution is -2.42. The Kier molecular flexibility index (Phi) is 5.01. The smallest absolute Gasteiger partial charge is 0.240 e. The summed E-state index contributed by atoms with van der Waals surface area (Å²) in [6, 6.07) is 18.1. The largest absolute Gasteiger partial charge is 0.378 e. The third-order valence-electron chi connectivity index (χ3n) is 4.14. The number of morpholine rings is 1. The summed E-state index contributed by atoms with van der Waals surface area (Å²) in [6.07, 6.45) is 0. The first-order valence-electron chi connectivity index (χ1n) is 8.25. The van der Waals surface area contributed by atoms with Gasteiger partial charge in [0.2, 0.25) is 5.91 Å². The molecule has 0 aliphatic carbocycles. The second-order valence-electron chi connectivity index (χ2n) is 5.79. The summed E-state index contributed by atoms with van der Waals surface area (Å²) in [7, 11) is 0. The molecule has 0 bridgehead atoms. The Morgan fingerprint density at radius 1 is 1.08 bits per heavy atom. The number of benzene rings is 2. The summed E-state index contributed by atoms with van der Waals surface area (Å²) in [6.45, 7) is 2.53. The van der Waals surface area contributed by atoms with Gasteiger partial charge in [0.05, 0.1) is 23.4 Å². The van der Waals surface area contributed by atoms with Crippen LogP contribution in [-0.4, -0.2) is 42.1 Å². The highest BCUT2D eigenvalue weighted by atomic mass is 32.2. The third-order valence-corrected chi connectivity index (χ3v) is 6.51. The number of para-hydroxylation sites is 1. The first-order valence-corrected chi connectivity index (χ1v) is 9.94. The van der Waals surface area contributed by atoms with Crippen molar-refractivity contribution < 1.29 is 9.53 Å². The number of carbonyl (C=O) groups excluding carboxylic acids is 1. The fourth-order valence-electron chi connectivity index (χ4n) is 2.84. The van der Waals surface area contributed by atoms with Crippen molar-refractivity contribution in [1.29, 1.82) is 0 Å². The van der Waals surface area contributed by atoms with E-state index in [-0.39, 0.29) is 11.2 Å². The van der Waals surface area contributed by atoms with E-state index in [2.05, 4.69) is 6.07 Å². The third kappa shape index (κ3) is 3.71. The molecular weight excluding hydrogens is 352 g/mol. The topological polar surface area (TPSA) is 42.4 Å². The van der Waals surface area contributed by atoms with Crippen molar-refractivity contribution in [2.45, 2.75) is 9.59 Å². The van der Waals surface area contributed by atoms with Gasteiger partial charge in [-0.2, -0.15) is 0 Å². The number of thiazole rings is 1. The molecule has 2 aromatic carbocycles. The molecule has 1 aliphatic heterocycles. The van der Waals surface area contributed by atoms with E-state index in [1.54, 1.807) is 23.1 Å². The predicted octanol–water partition coefficient (Wildman–Crippen LogP) is 3.99. The molecule has 4 nitrogen and oxygen atoms in total. The molecule has 0 saturated carbocycles. The Hall–Kier alpha value is -1.89. The summed E-state index contributed by atoms with van der Waals surface area (Å²) in [5.41, 5.74) is 2.00. The summed E-state index contributed by atoms with van der Waals surface area (Å²) < 4.78 is 7.46. The van der Waals surface area contributed by atoms with Crippen LogP contribution < -0.4 is 0 Å². The van der Waals surface area contributed by atoms with Crippen molar-refractivity contribution in [3.8, 4) is 0 Å². The number of carbonyl (C=O) groups is 1. The minimum Gasteiger partial charge on any atom is -0.378 e. The van der Waals surface area contributed by atoms with Crippen LogP contribution in [0.2, 0.25) is 0 Å². The van der Waals surface area contributed by atoms with Crippen LogP contribution in [0.1, 0.15) is 10.8 Å². The zero-order valence-electron chi connectivity index (χ0n) is 13.6. The first-order chi connectivity index (χ1) is 12.3. The number of thioether (sulfide) groups is 1. The molecule has 2 heterocycles.